The first-order valence-corrected chi connectivity index (χ1v) is 6.21. The molecular weight excluding hydrogens is 229 g/mol. The number of nitrogens with zero attached hydrogens (tertiary/aromatic N) is 1. The number of halogens is 1. The summed E-state index contributed by atoms with van der Waals surface area (Å²) in [4.78, 5) is 15.0. The Bertz CT molecular complexity index is 362. The summed E-state index contributed by atoms with van der Waals surface area (Å²) in [5.74, 6) is 0.0257. The molecule has 1 amide bonds. The van der Waals surface area contributed by atoms with Crippen molar-refractivity contribution in [3.8, 4) is 0 Å². The largest absolute Gasteiger partial charge is 0.320 e. The molecule has 0 aliphatic heterocycles. The number of nitrogens with two attached hydrogens (primary N) is 1. The third kappa shape index (κ3) is 4.16. The number of nitrogens with one attached hydrogen (secondary N) is 1. The van der Waals surface area contributed by atoms with Gasteiger partial charge in [0.2, 0.25) is 11.9 Å². The molecule has 88 valence electrons. The van der Waals surface area contributed by atoms with E-state index in [4.69, 9.17) is 5.73 Å². The van der Waals surface area contributed by atoms with E-state index in [-0.39, 0.29) is 11.7 Å². The summed E-state index contributed by atoms with van der Waals surface area (Å²) >= 11 is 1.62. The predicted molar refractivity (Wildman–Crippen MR) is 63.8 cm³/mol. The third-order valence-corrected chi connectivity index (χ3v) is 2.58. The first kappa shape index (κ1) is 12.9. The van der Waals surface area contributed by atoms with Crippen molar-refractivity contribution >= 4 is 23.5 Å². The summed E-state index contributed by atoms with van der Waals surface area (Å²) in [6, 6.07) is 3.62. The van der Waals surface area contributed by atoms with E-state index in [2.05, 4.69) is 10.3 Å². The number of carbonyl (C=O) groups excluding carboxylic acids is 1. The number of aromatic nitrogens is 1. The van der Waals surface area contributed by atoms with E-state index < -0.39 is 12.0 Å². The van der Waals surface area contributed by atoms with Crippen molar-refractivity contribution in [2.45, 2.75) is 12.5 Å². The van der Waals surface area contributed by atoms with E-state index in [0.717, 1.165) is 5.75 Å². The molecular formula is C10H14FN3OS. The molecule has 0 unspecified atom stereocenters. The van der Waals surface area contributed by atoms with Gasteiger partial charge in [-0.3, -0.25) is 4.79 Å². The summed E-state index contributed by atoms with van der Waals surface area (Å²) in [5, 5.41) is 2.47. The number of pyridine rings is 1. The maximum absolute atomic E-state index is 12.7. The molecule has 0 bridgehead atoms. The Balaban J connectivity index is 2.50. The topological polar surface area (TPSA) is 68.0 Å². The number of hydrogen-bond donors (Lipinski definition) is 2. The van der Waals surface area contributed by atoms with Crippen LogP contribution in [0.5, 0.6) is 0 Å². The van der Waals surface area contributed by atoms with E-state index >= 15 is 0 Å². The lowest BCUT2D eigenvalue weighted by molar-refractivity contribution is -0.117. The highest BCUT2D eigenvalue weighted by Crippen LogP contribution is 2.05. The summed E-state index contributed by atoms with van der Waals surface area (Å²) in [6.07, 6.45) is 2.53. The fourth-order valence-electron chi connectivity index (χ4n) is 1.07. The minimum atomic E-state index is -0.629. The zero-order valence-electron chi connectivity index (χ0n) is 8.94. The number of carbonyl (C=O) groups is 1. The Labute approximate surface area is 97.8 Å². The van der Waals surface area contributed by atoms with Crippen LogP contribution in [0.25, 0.3) is 0 Å². The fourth-order valence-corrected chi connectivity index (χ4v) is 1.56. The van der Waals surface area contributed by atoms with Crippen molar-refractivity contribution in [2.75, 3.05) is 17.3 Å². The second-order valence-corrected chi connectivity index (χ2v) is 4.21. The van der Waals surface area contributed by atoms with Crippen LogP contribution in [0.1, 0.15) is 6.42 Å². The highest BCUT2D eigenvalue weighted by Gasteiger charge is 2.13. The molecule has 0 radical (unpaired) electrons. The molecule has 6 heteroatoms. The lowest BCUT2D eigenvalue weighted by atomic mass is 10.2. The van der Waals surface area contributed by atoms with Crippen LogP contribution in [0.3, 0.4) is 0 Å². The van der Waals surface area contributed by atoms with Gasteiger partial charge in [-0.25, -0.2) is 4.98 Å². The average molecular weight is 243 g/mol. The quantitative estimate of drug-likeness (QED) is 0.763. The second-order valence-electron chi connectivity index (χ2n) is 3.22. The molecule has 1 aromatic heterocycles. The molecule has 0 aliphatic carbocycles. The van der Waals surface area contributed by atoms with Crippen LogP contribution >= 0.6 is 11.8 Å². The van der Waals surface area contributed by atoms with E-state index in [1.165, 1.54) is 18.2 Å². The smallest absolute Gasteiger partial charge is 0.242 e. The van der Waals surface area contributed by atoms with Gasteiger partial charge in [-0.05, 0) is 30.6 Å². The zero-order chi connectivity index (χ0) is 12.0. The summed E-state index contributed by atoms with van der Waals surface area (Å²) in [7, 11) is 0. The normalized spacial score (nSPS) is 12.2. The molecule has 4 nitrogen and oxygen atoms in total. The lowest BCUT2D eigenvalue weighted by Gasteiger charge is -2.10. The Hall–Kier alpha value is -1.14. The van der Waals surface area contributed by atoms with Gasteiger partial charge in [0.25, 0.3) is 0 Å². The summed E-state index contributed by atoms with van der Waals surface area (Å²) < 4.78 is 12.7. The Kier molecular flexibility index (Phi) is 5.21. The molecule has 1 heterocycles. The standard InChI is InChI=1S/C10H14FN3OS/c1-16-6-5-7(12)10(15)14-9-4-2-3-8(11)13-9/h2-4,7H,5-6,12H2,1H3,(H,13,14,15)/t7-/m1/s1. The van der Waals surface area contributed by atoms with E-state index in [0.29, 0.717) is 6.42 Å². The van der Waals surface area contributed by atoms with Crippen LogP contribution in [0.4, 0.5) is 10.2 Å². The first-order chi connectivity index (χ1) is 7.63. The van der Waals surface area contributed by atoms with E-state index in [9.17, 15) is 9.18 Å². The molecule has 1 aromatic rings. The fraction of sp³-hybridized carbons (Fsp3) is 0.400. The molecule has 1 atom stereocenters. The first-order valence-electron chi connectivity index (χ1n) is 4.81. The van der Waals surface area contributed by atoms with Crippen LogP contribution in [0.2, 0.25) is 0 Å². The van der Waals surface area contributed by atoms with Crippen LogP contribution in [-0.4, -0.2) is 28.9 Å². The Morgan fingerprint density at radius 2 is 2.44 bits per heavy atom. The number of amides is 1. The molecule has 3 N–H and O–H groups in total. The van der Waals surface area contributed by atoms with Gasteiger partial charge < -0.3 is 11.1 Å². The van der Waals surface area contributed by atoms with Crippen molar-refractivity contribution in [3.05, 3.63) is 24.1 Å². The highest BCUT2D eigenvalue weighted by molar-refractivity contribution is 7.98. The summed E-state index contributed by atoms with van der Waals surface area (Å²) in [5.41, 5.74) is 5.64. The van der Waals surface area contributed by atoms with Gasteiger partial charge in [0.05, 0.1) is 6.04 Å². The number of anilines is 1. The van der Waals surface area contributed by atoms with Crippen LogP contribution in [0, 0.1) is 5.95 Å². The number of rotatable bonds is 5. The van der Waals surface area contributed by atoms with Crippen molar-refractivity contribution in [2.24, 2.45) is 5.73 Å². The van der Waals surface area contributed by atoms with Gasteiger partial charge in [-0.2, -0.15) is 16.2 Å². The zero-order valence-corrected chi connectivity index (χ0v) is 9.76. The maximum Gasteiger partial charge on any atom is 0.242 e. The SMILES string of the molecule is CSCC[C@@H](N)C(=O)Nc1cccc(F)n1. The average Bonchev–Trinajstić information content (AvgIpc) is 2.25. The molecule has 0 saturated carbocycles. The van der Waals surface area contributed by atoms with Crippen molar-refractivity contribution in [3.63, 3.8) is 0 Å². The second kappa shape index (κ2) is 6.44. The lowest BCUT2D eigenvalue weighted by Crippen LogP contribution is -2.36. The molecule has 0 spiro atoms. The van der Waals surface area contributed by atoms with Gasteiger partial charge in [0.1, 0.15) is 5.82 Å². The van der Waals surface area contributed by atoms with Gasteiger partial charge in [0.15, 0.2) is 0 Å². The van der Waals surface area contributed by atoms with Crippen molar-refractivity contribution in [1.29, 1.82) is 0 Å². The molecule has 0 saturated heterocycles. The van der Waals surface area contributed by atoms with Crippen LogP contribution < -0.4 is 11.1 Å². The van der Waals surface area contributed by atoms with Gasteiger partial charge >= 0.3 is 0 Å². The predicted octanol–water partition coefficient (Wildman–Crippen LogP) is 1.24. The highest BCUT2D eigenvalue weighted by atomic mass is 32.2. The van der Waals surface area contributed by atoms with Gasteiger partial charge in [-0.15, -0.1) is 0 Å². The van der Waals surface area contributed by atoms with Crippen LogP contribution in [0.15, 0.2) is 18.2 Å². The van der Waals surface area contributed by atoms with Gasteiger partial charge in [-0.1, -0.05) is 6.07 Å². The molecule has 1 rings (SSSR count). The van der Waals surface area contributed by atoms with Crippen molar-refractivity contribution < 1.29 is 9.18 Å². The monoisotopic (exact) mass is 243 g/mol. The molecule has 0 fully saturated rings. The van der Waals surface area contributed by atoms with E-state index in [1.807, 2.05) is 6.26 Å². The molecule has 16 heavy (non-hydrogen) atoms. The minimum absolute atomic E-state index is 0.185. The molecule has 0 aromatic carbocycles. The van der Waals surface area contributed by atoms with Crippen molar-refractivity contribution in [1.82, 2.24) is 4.98 Å². The maximum atomic E-state index is 12.7. The Morgan fingerprint density at radius 3 is 3.06 bits per heavy atom. The Morgan fingerprint density at radius 1 is 1.69 bits per heavy atom. The molecule has 0 aliphatic rings. The number of thioether (sulfide) groups is 1. The minimum Gasteiger partial charge on any atom is -0.320 e. The van der Waals surface area contributed by atoms with Crippen LogP contribution in [-0.2, 0) is 4.79 Å². The number of hydrogen-bond acceptors (Lipinski definition) is 4. The third-order valence-electron chi connectivity index (χ3n) is 1.94. The van der Waals surface area contributed by atoms with Gasteiger partial charge in [0, 0.05) is 0 Å². The van der Waals surface area contributed by atoms with E-state index in [1.54, 1.807) is 11.8 Å². The summed E-state index contributed by atoms with van der Waals surface area (Å²) in [6.45, 7) is 0.